The van der Waals surface area contributed by atoms with Crippen LogP contribution in [0, 0.1) is 5.92 Å². The molecule has 1 aromatic carbocycles. The van der Waals surface area contributed by atoms with E-state index < -0.39 is 24.5 Å². The van der Waals surface area contributed by atoms with Gasteiger partial charge in [-0.2, -0.15) is 0 Å². The summed E-state index contributed by atoms with van der Waals surface area (Å²) >= 11 is 1.61. The van der Waals surface area contributed by atoms with Gasteiger partial charge in [0.1, 0.15) is 0 Å². The number of thiazole rings is 1. The van der Waals surface area contributed by atoms with Gasteiger partial charge < -0.3 is 10.1 Å². The van der Waals surface area contributed by atoms with E-state index in [4.69, 9.17) is 9.72 Å². The van der Waals surface area contributed by atoms with E-state index in [1.54, 1.807) is 25.2 Å². The van der Waals surface area contributed by atoms with Crippen LogP contribution in [-0.4, -0.2) is 35.5 Å². The van der Waals surface area contributed by atoms with E-state index in [1.165, 1.54) is 0 Å². The van der Waals surface area contributed by atoms with Gasteiger partial charge in [0, 0.05) is 12.0 Å². The minimum Gasteiger partial charge on any atom is -0.455 e. The fourth-order valence-electron chi connectivity index (χ4n) is 3.46. The number of rotatable bonds is 5. The van der Waals surface area contributed by atoms with E-state index in [-0.39, 0.29) is 17.9 Å². The molecule has 2 aromatic rings. The molecular weight excluding hydrogens is 378 g/mol. The van der Waals surface area contributed by atoms with Crippen molar-refractivity contribution in [3.8, 4) is 0 Å². The molecule has 8 heteroatoms. The van der Waals surface area contributed by atoms with E-state index >= 15 is 0 Å². The maximum absolute atomic E-state index is 12.6. The largest absolute Gasteiger partial charge is 0.455 e. The van der Waals surface area contributed by atoms with Crippen LogP contribution in [0.1, 0.15) is 50.5 Å². The monoisotopic (exact) mass is 403 g/mol. The molecule has 2 N–H and O–H groups in total. The third-order valence-corrected chi connectivity index (χ3v) is 5.88. The van der Waals surface area contributed by atoms with Gasteiger partial charge in [-0.05, 0) is 38.8 Å². The normalized spacial score (nSPS) is 19.4. The Hall–Kier alpha value is -2.48. The highest BCUT2D eigenvalue weighted by atomic mass is 32.1. The number of ether oxygens (including phenoxy) is 1. The standard InChI is InChI=1S/C20H25N3O4S/c1-12(2)21-20(26)23-17(24)11-27-19(25)14-8-4-3-7-13(14)18-22-15-9-5-6-10-16(15)28-18/h5-6,9-10,12-14H,3-4,7-8,11H2,1-2H3,(H2,21,23,24,26)/t13-,14-/m1/s1. The van der Waals surface area contributed by atoms with Gasteiger partial charge in [0.05, 0.1) is 21.1 Å². The van der Waals surface area contributed by atoms with Crippen LogP contribution in [0.15, 0.2) is 24.3 Å². The Bertz CT molecular complexity index is 831. The quantitative estimate of drug-likeness (QED) is 0.746. The highest BCUT2D eigenvalue weighted by Gasteiger charge is 2.35. The predicted molar refractivity (Wildman–Crippen MR) is 107 cm³/mol. The summed E-state index contributed by atoms with van der Waals surface area (Å²) in [5.74, 6) is -1.35. The smallest absolute Gasteiger partial charge is 0.321 e. The molecule has 0 unspecified atom stereocenters. The SMILES string of the molecule is CC(C)NC(=O)NC(=O)COC(=O)[C@@H]1CCCC[C@H]1c1nc2ccccc2s1. The molecule has 1 aromatic heterocycles. The van der Waals surface area contributed by atoms with Gasteiger partial charge in [-0.25, -0.2) is 9.78 Å². The van der Waals surface area contributed by atoms with Crippen LogP contribution in [0.2, 0.25) is 0 Å². The number of benzene rings is 1. The molecule has 0 spiro atoms. The second-order valence-electron chi connectivity index (χ2n) is 7.30. The Balaban J connectivity index is 1.61. The number of urea groups is 1. The van der Waals surface area contributed by atoms with Gasteiger partial charge in [0.25, 0.3) is 5.91 Å². The van der Waals surface area contributed by atoms with Gasteiger partial charge >= 0.3 is 12.0 Å². The Morgan fingerprint density at radius 2 is 1.96 bits per heavy atom. The number of carbonyl (C=O) groups is 3. The Kier molecular flexibility index (Phi) is 6.61. The molecule has 150 valence electrons. The van der Waals surface area contributed by atoms with E-state index in [9.17, 15) is 14.4 Å². The number of para-hydroxylation sites is 1. The molecule has 1 aliphatic rings. The van der Waals surface area contributed by atoms with Crippen LogP contribution < -0.4 is 10.6 Å². The topological polar surface area (TPSA) is 97.4 Å². The molecule has 7 nitrogen and oxygen atoms in total. The lowest BCUT2D eigenvalue weighted by molar-refractivity contribution is -0.154. The molecule has 3 rings (SSSR count). The number of esters is 1. The highest BCUT2D eigenvalue weighted by molar-refractivity contribution is 7.18. The maximum atomic E-state index is 12.6. The first-order valence-electron chi connectivity index (χ1n) is 9.56. The predicted octanol–water partition coefficient (Wildman–Crippen LogP) is 3.35. The molecule has 0 bridgehead atoms. The van der Waals surface area contributed by atoms with Crippen LogP contribution in [0.5, 0.6) is 0 Å². The number of hydrogen-bond acceptors (Lipinski definition) is 6. The summed E-state index contributed by atoms with van der Waals surface area (Å²) in [5.41, 5.74) is 0.940. The van der Waals surface area contributed by atoms with Crippen molar-refractivity contribution in [2.24, 2.45) is 5.92 Å². The zero-order valence-electron chi connectivity index (χ0n) is 16.1. The maximum Gasteiger partial charge on any atom is 0.321 e. The molecule has 0 aliphatic heterocycles. The van der Waals surface area contributed by atoms with Crippen molar-refractivity contribution in [3.05, 3.63) is 29.3 Å². The van der Waals surface area contributed by atoms with Crippen molar-refractivity contribution >= 4 is 39.5 Å². The number of fused-ring (bicyclic) bond motifs is 1. The van der Waals surface area contributed by atoms with Crippen molar-refractivity contribution < 1.29 is 19.1 Å². The molecule has 3 amide bonds. The average molecular weight is 404 g/mol. The summed E-state index contributed by atoms with van der Waals surface area (Å²) in [6.45, 7) is 3.11. The number of nitrogens with one attached hydrogen (secondary N) is 2. The molecule has 2 atom stereocenters. The fraction of sp³-hybridized carbons (Fsp3) is 0.500. The summed E-state index contributed by atoms with van der Waals surface area (Å²) in [4.78, 5) is 40.7. The lowest BCUT2D eigenvalue weighted by Gasteiger charge is -2.28. The molecule has 1 fully saturated rings. The minimum absolute atomic E-state index is 0.00551. The molecule has 28 heavy (non-hydrogen) atoms. The summed E-state index contributed by atoms with van der Waals surface area (Å²) in [6, 6.07) is 7.24. The van der Waals surface area contributed by atoms with Crippen molar-refractivity contribution in [2.75, 3.05) is 6.61 Å². The van der Waals surface area contributed by atoms with Crippen LogP contribution in [-0.2, 0) is 14.3 Å². The first kappa shape index (κ1) is 20.3. The number of nitrogens with zero attached hydrogens (tertiary/aromatic N) is 1. The Morgan fingerprint density at radius 3 is 2.71 bits per heavy atom. The van der Waals surface area contributed by atoms with E-state index in [1.807, 2.05) is 24.3 Å². The highest BCUT2D eigenvalue weighted by Crippen LogP contribution is 2.41. The zero-order valence-corrected chi connectivity index (χ0v) is 16.9. The van der Waals surface area contributed by atoms with Crippen molar-refractivity contribution in [1.29, 1.82) is 0 Å². The number of hydrogen-bond donors (Lipinski definition) is 2. The van der Waals surface area contributed by atoms with E-state index in [2.05, 4.69) is 10.6 Å². The summed E-state index contributed by atoms with van der Waals surface area (Å²) < 4.78 is 6.32. The third-order valence-electron chi connectivity index (χ3n) is 4.71. The van der Waals surface area contributed by atoms with Crippen LogP contribution in [0.25, 0.3) is 10.2 Å². The number of amides is 3. The van der Waals surface area contributed by atoms with Crippen LogP contribution >= 0.6 is 11.3 Å². The van der Waals surface area contributed by atoms with Crippen LogP contribution in [0.3, 0.4) is 0 Å². The summed E-state index contributed by atoms with van der Waals surface area (Å²) in [7, 11) is 0. The first-order chi connectivity index (χ1) is 13.4. The number of aromatic nitrogens is 1. The molecular formula is C20H25N3O4S. The fourth-order valence-corrected chi connectivity index (χ4v) is 4.63. The molecule has 1 aliphatic carbocycles. The van der Waals surface area contributed by atoms with Gasteiger partial charge in [-0.1, -0.05) is 25.0 Å². The van der Waals surface area contributed by atoms with Crippen LogP contribution in [0.4, 0.5) is 4.79 Å². The third kappa shape index (κ3) is 5.07. The van der Waals surface area contributed by atoms with Crippen molar-refractivity contribution in [3.63, 3.8) is 0 Å². The first-order valence-corrected chi connectivity index (χ1v) is 10.4. The molecule has 1 saturated carbocycles. The number of carbonyl (C=O) groups excluding carboxylic acids is 3. The lowest BCUT2D eigenvalue weighted by Crippen LogP contribution is -2.44. The van der Waals surface area contributed by atoms with Gasteiger partial charge in [0.15, 0.2) is 6.61 Å². The minimum atomic E-state index is -0.640. The average Bonchev–Trinajstić information content (AvgIpc) is 3.09. The van der Waals surface area contributed by atoms with Gasteiger partial charge in [-0.15, -0.1) is 11.3 Å². The molecule has 0 radical (unpaired) electrons. The van der Waals surface area contributed by atoms with E-state index in [0.29, 0.717) is 0 Å². The Morgan fingerprint density at radius 1 is 1.21 bits per heavy atom. The van der Waals surface area contributed by atoms with Crippen molar-refractivity contribution in [1.82, 2.24) is 15.6 Å². The lowest BCUT2D eigenvalue weighted by atomic mass is 9.79. The summed E-state index contributed by atoms with van der Waals surface area (Å²) in [6.07, 6.45) is 3.59. The molecule has 0 saturated heterocycles. The van der Waals surface area contributed by atoms with Gasteiger partial charge in [0.2, 0.25) is 0 Å². The zero-order chi connectivity index (χ0) is 20.1. The number of imide groups is 1. The van der Waals surface area contributed by atoms with Crippen molar-refractivity contribution in [2.45, 2.75) is 51.5 Å². The Labute approximate surface area is 167 Å². The molecule has 1 heterocycles. The second-order valence-corrected chi connectivity index (χ2v) is 8.36. The second kappa shape index (κ2) is 9.14. The summed E-state index contributed by atoms with van der Waals surface area (Å²) in [5, 5.41) is 5.65. The van der Waals surface area contributed by atoms with E-state index in [0.717, 1.165) is 40.9 Å². The van der Waals surface area contributed by atoms with Gasteiger partial charge in [-0.3, -0.25) is 14.9 Å².